The summed E-state index contributed by atoms with van der Waals surface area (Å²) in [4.78, 5) is 10.8. The highest BCUT2D eigenvalue weighted by Gasteiger charge is 2.14. The average Bonchev–Trinajstić information content (AvgIpc) is 2.26. The highest BCUT2D eigenvalue weighted by Crippen LogP contribution is 2.37. The molecule has 86 valence electrons. The molecule has 0 saturated carbocycles. The Morgan fingerprint density at radius 2 is 2.00 bits per heavy atom. The monoisotopic (exact) mass is 286 g/mol. The SMILES string of the molecule is C=C(C(=O)O)c1cc(Br)c(OC)c(OC)c1. The number of benzene rings is 1. The van der Waals surface area contributed by atoms with Gasteiger partial charge in [0, 0.05) is 0 Å². The summed E-state index contributed by atoms with van der Waals surface area (Å²) >= 11 is 3.28. The van der Waals surface area contributed by atoms with Gasteiger partial charge in [-0.25, -0.2) is 4.79 Å². The second-order valence-electron chi connectivity index (χ2n) is 2.98. The average molecular weight is 287 g/mol. The predicted octanol–water partition coefficient (Wildman–Crippen LogP) is 2.56. The first-order valence-corrected chi connectivity index (χ1v) is 5.14. The van der Waals surface area contributed by atoms with Gasteiger partial charge < -0.3 is 14.6 Å². The molecule has 0 saturated heterocycles. The second-order valence-corrected chi connectivity index (χ2v) is 3.83. The molecule has 0 aliphatic rings. The number of carboxylic acids is 1. The van der Waals surface area contributed by atoms with E-state index in [4.69, 9.17) is 14.6 Å². The van der Waals surface area contributed by atoms with Crippen LogP contribution in [0.3, 0.4) is 0 Å². The van der Waals surface area contributed by atoms with E-state index < -0.39 is 5.97 Å². The van der Waals surface area contributed by atoms with Crippen LogP contribution in [-0.2, 0) is 4.79 Å². The van der Waals surface area contributed by atoms with Crippen molar-refractivity contribution in [3.05, 3.63) is 28.7 Å². The largest absolute Gasteiger partial charge is 0.493 e. The van der Waals surface area contributed by atoms with Crippen molar-refractivity contribution in [2.75, 3.05) is 14.2 Å². The Kier molecular flexibility index (Phi) is 3.95. The van der Waals surface area contributed by atoms with Gasteiger partial charge in [-0.3, -0.25) is 0 Å². The predicted molar refractivity (Wildman–Crippen MR) is 63.9 cm³/mol. The molecule has 1 aromatic rings. The van der Waals surface area contributed by atoms with Crippen molar-refractivity contribution in [2.24, 2.45) is 0 Å². The maximum atomic E-state index is 10.8. The molecular weight excluding hydrogens is 276 g/mol. The Morgan fingerprint density at radius 1 is 1.38 bits per heavy atom. The summed E-state index contributed by atoms with van der Waals surface area (Å²) in [5.74, 6) is -0.0992. The van der Waals surface area contributed by atoms with Crippen molar-refractivity contribution in [2.45, 2.75) is 0 Å². The first-order chi connectivity index (χ1) is 7.51. The molecule has 0 radical (unpaired) electrons. The second kappa shape index (κ2) is 5.03. The number of carboxylic acid groups (broad SMARTS) is 1. The summed E-state index contributed by atoms with van der Waals surface area (Å²) in [6, 6.07) is 3.19. The van der Waals surface area contributed by atoms with Crippen LogP contribution >= 0.6 is 15.9 Å². The highest BCUT2D eigenvalue weighted by molar-refractivity contribution is 9.10. The zero-order valence-corrected chi connectivity index (χ0v) is 10.5. The van der Waals surface area contributed by atoms with Gasteiger partial charge in [0.2, 0.25) is 0 Å². The van der Waals surface area contributed by atoms with E-state index in [1.54, 1.807) is 12.1 Å². The van der Waals surface area contributed by atoms with E-state index in [0.717, 1.165) is 0 Å². The topological polar surface area (TPSA) is 55.8 Å². The Labute approximate surface area is 102 Å². The summed E-state index contributed by atoms with van der Waals surface area (Å²) in [6.07, 6.45) is 0. The first kappa shape index (κ1) is 12.6. The summed E-state index contributed by atoms with van der Waals surface area (Å²) < 4.78 is 10.8. The smallest absolute Gasteiger partial charge is 0.335 e. The third kappa shape index (κ3) is 2.36. The summed E-state index contributed by atoms with van der Waals surface area (Å²) in [6.45, 7) is 3.48. The van der Waals surface area contributed by atoms with Crippen LogP contribution in [0.25, 0.3) is 5.57 Å². The fourth-order valence-corrected chi connectivity index (χ4v) is 1.82. The number of carbonyl (C=O) groups is 1. The Hall–Kier alpha value is -1.49. The van der Waals surface area contributed by atoms with Gasteiger partial charge in [-0.2, -0.15) is 0 Å². The molecule has 0 aliphatic carbocycles. The van der Waals surface area contributed by atoms with Gasteiger partial charge in [0.05, 0.1) is 24.3 Å². The molecule has 1 rings (SSSR count). The molecule has 4 nitrogen and oxygen atoms in total. The molecule has 0 amide bonds. The molecule has 0 unspecified atom stereocenters. The van der Waals surface area contributed by atoms with Crippen LogP contribution in [0.2, 0.25) is 0 Å². The summed E-state index contributed by atoms with van der Waals surface area (Å²) in [5, 5.41) is 8.83. The van der Waals surface area contributed by atoms with E-state index in [1.165, 1.54) is 14.2 Å². The van der Waals surface area contributed by atoms with E-state index in [1.807, 2.05) is 0 Å². The minimum atomic E-state index is -1.07. The molecule has 0 atom stereocenters. The van der Waals surface area contributed by atoms with E-state index in [-0.39, 0.29) is 5.57 Å². The molecule has 0 spiro atoms. The number of ether oxygens (including phenoxy) is 2. The zero-order valence-electron chi connectivity index (χ0n) is 8.91. The van der Waals surface area contributed by atoms with Crippen molar-refractivity contribution >= 4 is 27.5 Å². The van der Waals surface area contributed by atoms with Crippen molar-refractivity contribution in [1.82, 2.24) is 0 Å². The van der Waals surface area contributed by atoms with Gasteiger partial charge in [-0.05, 0) is 33.6 Å². The van der Waals surface area contributed by atoms with Crippen molar-refractivity contribution in [3.63, 3.8) is 0 Å². The lowest BCUT2D eigenvalue weighted by Gasteiger charge is -2.11. The lowest BCUT2D eigenvalue weighted by atomic mass is 10.1. The van der Waals surface area contributed by atoms with Gasteiger partial charge >= 0.3 is 5.97 Å². The van der Waals surface area contributed by atoms with Gasteiger partial charge in [-0.1, -0.05) is 6.58 Å². The van der Waals surface area contributed by atoms with Crippen LogP contribution in [0.1, 0.15) is 5.56 Å². The number of methoxy groups -OCH3 is 2. The molecule has 16 heavy (non-hydrogen) atoms. The van der Waals surface area contributed by atoms with Crippen LogP contribution in [0, 0.1) is 0 Å². The van der Waals surface area contributed by atoms with Crippen molar-refractivity contribution in [3.8, 4) is 11.5 Å². The Balaban J connectivity index is 3.31. The molecule has 0 fully saturated rings. The summed E-state index contributed by atoms with van der Waals surface area (Å²) in [5.41, 5.74) is 0.471. The van der Waals surface area contributed by atoms with E-state index in [0.29, 0.717) is 21.5 Å². The maximum Gasteiger partial charge on any atom is 0.335 e. The third-order valence-electron chi connectivity index (χ3n) is 2.04. The van der Waals surface area contributed by atoms with Gasteiger partial charge in [-0.15, -0.1) is 0 Å². The lowest BCUT2D eigenvalue weighted by Crippen LogP contribution is -2.00. The number of rotatable bonds is 4. The molecule has 1 aromatic carbocycles. The number of halogens is 1. The number of hydrogen-bond acceptors (Lipinski definition) is 3. The molecule has 0 heterocycles. The Morgan fingerprint density at radius 3 is 2.44 bits per heavy atom. The molecule has 0 aliphatic heterocycles. The van der Waals surface area contributed by atoms with Gasteiger partial charge in [0.15, 0.2) is 11.5 Å². The highest BCUT2D eigenvalue weighted by atomic mass is 79.9. The third-order valence-corrected chi connectivity index (χ3v) is 2.63. The molecule has 1 N–H and O–H groups in total. The van der Waals surface area contributed by atoms with Crippen LogP contribution in [0.15, 0.2) is 23.2 Å². The normalized spacial score (nSPS) is 9.69. The van der Waals surface area contributed by atoms with Crippen LogP contribution in [0.4, 0.5) is 0 Å². The lowest BCUT2D eigenvalue weighted by molar-refractivity contribution is -0.130. The van der Waals surface area contributed by atoms with Crippen LogP contribution in [0.5, 0.6) is 11.5 Å². The van der Waals surface area contributed by atoms with Gasteiger partial charge in [0.1, 0.15) is 0 Å². The molecule has 0 bridgehead atoms. The maximum absolute atomic E-state index is 10.8. The molecular formula is C11H11BrO4. The van der Waals surface area contributed by atoms with E-state index in [2.05, 4.69) is 22.5 Å². The minimum Gasteiger partial charge on any atom is -0.493 e. The quantitative estimate of drug-likeness (QED) is 0.865. The van der Waals surface area contributed by atoms with Gasteiger partial charge in [0.25, 0.3) is 0 Å². The van der Waals surface area contributed by atoms with Crippen LogP contribution in [-0.4, -0.2) is 25.3 Å². The number of aliphatic carboxylic acids is 1. The van der Waals surface area contributed by atoms with Crippen LogP contribution < -0.4 is 9.47 Å². The minimum absolute atomic E-state index is 0.00153. The fourth-order valence-electron chi connectivity index (χ4n) is 1.22. The standard InChI is InChI=1S/C11H11BrO4/c1-6(11(13)14)7-4-8(12)10(16-3)9(5-7)15-2/h4-5H,1H2,2-3H3,(H,13,14). The Bertz CT molecular complexity index is 440. The van der Waals surface area contributed by atoms with Crippen molar-refractivity contribution in [1.29, 1.82) is 0 Å². The fraction of sp³-hybridized carbons (Fsp3) is 0.182. The molecule has 0 aromatic heterocycles. The molecule has 5 heteroatoms. The first-order valence-electron chi connectivity index (χ1n) is 4.35. The van der Waals surface area contributed by atoms with Crippen molar-refractivity contribution < 1.29 is 19.4 Å². The summed E-state index contributed by atoms with van der Waals surface area (Å²) in [7, 11) is 2.99. The zero-order chi connectivity index (χ0) is 12.3. The van der Waals surface area contributed by atoms with E-state index in [9.17, 15) is 4.79 Å². The number of hydrogen-bond donors (Lipinski definition) is 1. The van der Waals surface area contributed by atoms with E-state index >= 15 is 0 Å².